The van der Waals surface area contributed by atoms with Crippen molar-refractivity contribution >= 4 is 0 Å². The van der Waals surface area contributed by atoms with Gasteiger partial charge in [-0.3, -0.25) is 0 Å². The second kappa shape index (κ2) is 8.63. The zero-order chi connectivity index (χ0) is 20.6. The first-order valence-electron chi connectivity index (χ1n) is 12.4. The van der Waals surface area contributed by atoms with Gasteiger partial charge in [-0.05, 0) is 106 Å². The fraction of sp³-hybridized carbons (Fsp3) is 0.923. The van der Waals surface area contributed by atoms with Crippen LogP contribution in [0.5, 0.6) is 0 Å². The Morgan fingerprint density at radius 3 is 2.59 bits per heavy atom. The third-order valence-corrected chi connectivity index (χ3v) is 9.84. The van der Waals surface area contributed by atoms with Gasteiger partial charge >= 0.3 is 0 Å². The maximum atomic E-state index is 6.27. The topological polar surface area (TPSA) is 21.7 Å². The highest BCUT2D eigenvalue weighted by Gasteiger charge is 2.58. The van der Waals surface area contributed by atoms with E-state index in [4.69, 9.17) is 9.47 Å². The first-order valence-corrected chi connectivity index (χ1v) is 12.4. The molecule has 0 bridgehead atoms. The van der Waals surface area contributed by atoms with Crippen LogP contribution < -0.4 is 0 Å². The maximum Gasteiger partial charge on any atom is 0.0704 e. The summed E-state index contributed by atoms with van der Waals surface area (Å²) in [6.07, 6.45) is 12.8. The van der Waals surface area contributed by atoms with E-state index in [9.17, 15) is 0 Å². The Morgan fingerprint density at radius 2 is 1.79 bits per heavy atom. The van der Waals surface area contributed by atoms with E-state index in [0.717, 1.165) is 50.0 Å². The Morgan fingerprint density at radius 1 is 0.966 bits per heavy atom. The summed E-state index contributed by atoms with van der Waals surface area (Å²) < 4.78 is 12.0. The van der Waals surface area contributed by atoms with Gasteiger partial charge in [0.05, 0.1) is 25.9 Å². The molecule has 7 atom stereocenters. The van der Waals surface area contributed by atoms with Crippen molar-refractivity contribution in [2.45, 2.75) is 77.7 Å². The van der Waals surface area contributed by atoms with E-state index >= 15 is 0 Å². The molecule has 3 heteroatoms. The molecule has 4 rings (SSSR count). The highest BCUT2D eigenvalue weighted by molar-refractivity contribution is 5.21. The normalized spacial score (nSPS) is 44.4. The van der Waals surface area contributed by atoms with Crippen LogP contribution in [0, 0.1) is 34.5 Å². The molecule has 0 N–H and O–H groups in total. The van der Waals surface area contributed by atoms with E-state index in [0.29, 0.717) is 16.9 Å². The minimum Gasteiger partial charge on any atom is -0.378 e. The molecule has 0 aromatic rings. The molecule has 0 aromatic heterocycles. The molecular weight excluding hydrogens is 358 g/mol. The van der Waals surface area contributed by atoms with Crippen molar-refractivity contribution in [1.29, 1.82) is 0 Å². The fourth-order valence-corrected chi connectivity index (χ4v) is 7.90. The molecule has 0 heterocycles. The van der Waals surface area contributed by atoms with Gasteiger partial charge < -0.3 is 14.4 Å². The molecule has 0 aromatic carbocycles. The lowest BCUT2D eigenvalue weighted by atomic mass is 9.45. The van der Waals surface area contributed by atoms with E-state index in [-0.39, 0.29) is 0 Å². The average Bonchev–Trinajstić information content (AvgIpc) is 2.99. The molecule has 29 heavy (non-hydrogen) atoms. The van der Waals surface area contributed by atoms with Crippen molar-refractivity contribution in [2.24, 2.45) is 34.5 Å². The number of nitrogens with zero attached hydrogens (tertiary/aromatic N) is 1. The number of allylic oxidation sites excluding steroid dienone is 1. The zero-order valence-corrected chi connectivity index (χ0v) is 19.5. The number of rotatable bonds is 7. The molecule has 4 fully saturated rings. The monoisotopic (exact) mass is 403 g/mol. The zero-order valence-electron chi connectivity index (χ0n) is 19.5. The van der Waals surface area contributed by atoms with Crippen molar-refractivity contribution in [3.8, 4) is 0 Å². The maximum absolute atomic E-state index is 6.27. The second-order valence-electron chi connectivity index (χ2n) is 11.4. The van der Waals surface area contributed by atoms with E-state index in [1.807, 2.05) is 0 Å². The van der Waals surface area contributed by atoms with Crippen molar-refractivity contribution in [3.63, 3.8) is 0 Å². The predicted molar refractivity (Wildman–Crippen MR) is 120 cm³/mol. The van der Waals surface area contributed by atoms with Crippen LogP contribution in [-0.4, -0.2) is 51.5 Å². The predicted octanol–water partition coefficient (Wildman–Crippen LogP) is 5.55. The van der Waals surface area contributed by atoms with Crippen LogP contribution in [0.3, 0.4) is 0 Å². The van der Waals surface area contributed by atoms with Crippen LogP contribution >= 0.6 is 0 Å². The molecule has 4 aliphatic carbocycles. The first kappa shape index (κ1) is 21.8. The molecular formula is C26H45NO2. The largest absolute Gasteiger partial charge is 0.378 e. The highest BCUT2D eigenvalue weighted by Crippen LogP contribution is 2.67. The van der Waals surface area contributed by atoms with Crippen LogP contribution in [0.4, 0.5) is 0 Å². The number of likely N-dealkylation sites (N-methyl/N-ethyl adjacent to an activating group) is 1. The summed E-state index contributed by atoms with van der Waals surface area (Å²) in [5, 5.41) is 0. The molecule has 4 saturated carbocycles. The summed E-state index contributed by atoms with van der Waals surface area (Å²) >= 11 is 0. The molecule has 4 aliphatic rings. The molecule has 0 aliphatic heterocycles. The third-order valence-electron chi connectivity index (χ3n) is 9.84. The third kappa shape index (κ3) is 4.08. The van der Waals surface area contributed by atoms with Crippen LogP contribution in [-0.2, 0) is 9.47 Å². The molecule has 3 nitrogen and oxygen atoms in total. The average molecular weight is 404 g/mol. The number of fused-ring (bicyclic) bond motifs is 5. The van der Waals surface area contributed by atoms with Crippen LogP contribution in [0.15, 0.2) is 12.2 Å². The van der Waals surface area contributed by atoms with Gasteiger partial charge in [-0.15, -0.1) is 0 Å². The smallest absolute Gasteiger partial charge is 0.0704 e. The minimum atomic E-state index is 0.456. The summed E-state index contributed by atoms with van der Waals surface area (Å²) in [6.45, 7) is 13.0. The molecule has 0 radical (unpaired) electrons. The first-order chi connectivity index (χ1) is 13.8. The van der Waals surface area contributed by atoms with Gasteiger partial charge in [-0.1, -0.05) is 26.0 Å². The Hall–Kier alpha value is -0.380. The van der Waals surface area contributed by atoms with E-state index in [1.54, 1.807) is 5.57 Å². The van der Waals surface area contributed by atoms with E-state index < -0.39 is 0 Å². The lowest BCUT2D eigenvalue weighted by Crippen LogP contribution is -2.53. The number of hydrogen-bond acceptors (Lipinski definition) is 3. The second-order valence-corrected chi connectivity index (χ2v) is 11.4. The Labute approximate surface area is 179 Å². The summed E-state index contributed by atoms with van der Waals surface area (Å²) in [5.41, 5.74) is 2.58. The van der Waals surface area contributed by atoms with Gasteiger partial charge in [0.15, 0.2) is 0 Å². The van der Waals surface area contributed by atoms with Crippen molar-refractivity contribution < 1.29 is 9.47 Å². The van der Waals surface area contributed by atoms with Gasteiger partial charge in [-0.2, -0.15) is 0 Å². The standard InChI is InChI=1S/C26H45NO2/c1-19-6-9-23-22-8-7-20-18-21(29-17-16-28-15-14-27(4)5)10-12-26(20,3)24(22)11-13-25(19,23)2/h20-24H,1,6-18H2,2-5H3/t20?,21-,22?,23?,24?,25+,26-/m0/s1. The lowest BCUT2D eigenvalue weighted by Gasteiger charge is -2.60. The summed E-state index contributed by atoms with van der Waals surface area (Å²) in [5.74, 6) is 3.68. The van der Waals surface area contributed by atoms with E-state index in [1.165, 1.54) is 57.8 Å². The summed E-state index contributed by atoms with van der Waals surface area (Å²) in [7, 11) is 4.17. The summed E-state index contributed by atoms with van der Waals surface area (Å²) in [6, 6.07) is 0. The van der Waals surface area contributed by atoms with Crippen molar-refractivity contribution in [3.05, 3.63) is 12.2 Å². The van der Waals surface area contributed by atoms with Crippen molar-refractivity contribution in [1.82, 2.24) is 4.90 Å². The fourth-order valence-electron chi connectivity index (χ4n) is 7.90. The van der Waals surface area contributed by atoms with Gasteiger partial charge in [0.1, 0.15) is 0 Å². The van der Waals surface area contributed by atoms with Crippen LogP contribution in [0.25, 0.3) is 0 Å². The Bertz CT molecular complexity index is 589. The minimum absolute atomic E-state index is 0.456. The molecule has 0 amide bonds. The lowest BCUT2D eigenvalue weighted by molar-refractivity contribution is -0.129. The molecule has 0 spiro atoms. The molecule has 4 unspecified atom stereocenters. The van der Waals surface area contributed by atoms with Gasteiger partial charge in [0, 0.05) is 6.54 Å². The number of hydrogen-bond donors (Lipinski definition) is 0. The van der Waals surface area contributed by atoms with Crippen LogP contribution in [0.2, 0.25) is 0 Å². The molecule has 166 valence electrons. The Kier molecular flexibility index (Phi) is 6.50. The Balaban J connectivity index is 1.29. The number of ether oxygens (including phenoxy) is 2. The molecule has 0 saturated heterocycles. The van der Waals surface area contributed by atoms with Gasteiger partial charge in [-0.25, -0.2) is 0 Å². The van der Waals surface area contributed by atoms with Crippen molar-refractivity contribution in [2.75, 3.05) is 40.5 Å². The van der Waals surface area contributed by atoms with Gasteiger partial charge in [0.25, 0.3) is 0 Å². The summed E-state index contributed by atoms with van der Waals surface area (Å²) in [4.78, 5) is 2.16. The highest BCUT2D eigenvalue weighted by atomic mass is 16.5. The SMILES string of the molecule is C=C1CCC2C3CCC4C[C@@H](OCCOCCN(C)C)CC[C@]4(C)C3CC[C@]12C. The van der Waals surface area contributed by atoms with Crippen LogP contribution in [0.1, 0.15) is 71.6 Å². The van der Waals surface area contributed by atoms with Gasteiger partial charge in [0.2, 0.25) is 0 Å². The van der Waals surface area contributed by atoms with E-state index in [2.05, 4.69) is 39.4 Å². The quantitative estimate of drug-likeness (QED) is 0.411.